The largest absolute Gasteiger partial charge is 0.436 e. The summed E-state index contributed by atoms with van der Waals surface area (Å²) in [5.74, 6) is -2.18. The zero-order valence-corrected chi connectivity index (χ0v) is 6.37. The summed E-state index contributed by atoms with van der Waals surface area (Å²) in [5.41, 5.74) is -3.20. The quantitative estimate of drug-likeness (QED) is 0.634. The summed E-state index contributed by atoms with van der Waals surface area (Å²) in [7, 11) is 0. The normalized spacial score (nSPS) is 11.8. The first-order valence-corrected chi connectivity index (χ1v) is 3.16. The summed E-state index contributed by atoms with van der Waals surface area (Å²) in [5, 5.41) is 0. The van der Waals surface area contributed by atoms with Gasteiger partial charge < -0.3 is 4.98 Å². The number of nitrogens with zero attached hydrogens (tertiary/aromatic N) is 1. The fourth-order valence-corrected chi connectivity index (χ4v) is 0.759. The van der Waals surface area contributed by atoms with Gasteiger partial charge in [-0.1, -0.05) is 0 Å². The monoisotopic (exact) mass is 196 g/mol. The van der Waals surface area contributed by atoms with Crippen LogP contribution in [0.2, 0.25) is 0 Å². The highest BCUT2D eigenvalue weighted by atomic mass is 19.4. The van der Waals surface area contributed by atoms with E-state index in [1.807, 2.05) is 4.98 Å². The Labute approximate surface area is 69.4 Å². The molecule has 0 aliphatic rings. The van der Waals surface area contributed by atoms with E-state index in [2.05, 4.69) is 4.98 Å². The van der Waals surface area contributed by atoms with Gasteiger partial charge in [-0.15, -0.1) is 0 Å². The van der Waals surface area contributed by atoms with E-state index in [4.69, 9.17) is 0 Å². The van der Waals surface area contributed by atoms with Crippen molar-refractivity contribution in [1.29, 1.82) is 0 Å². The maximum absolute atomic E-state index is 12.6. The first-order valence-electron chi connectivity index (χ1n) is 3.16. The molecule has 13 heavy (non-hydrogen) atoms. The summed E-state index contributed by atoms with van der Waals surface area (Å²) < 4.78 is 48.4. The predicted molar refractivity (Wildman–Crippen MR) is 34.6 cm³/mol. The lowest BCUT2D eigenvalue weighted by Gasteiger charge is -2.05. The third-order valence-electron chi connectivity index (χ3n) is 1.25. The molecule has 0 saturated carbocycles. The Morgan fingerprint density at radius 2 is 1.92 bits per heavy atom. The average Bonchev–Trinajstić information content (AvgIpc) is 1.94. The maximum atomic E-state index is 12.6. The molecular formula is C6H4F4N2O. The van der Waals surface area contributed by atoms with Crippen molar-refractivity contribution in [1.82, 2.24) is 9.97 Å². The second-order valence-corrected chi connectivity index (χ2v) is 2.31. The third-order valence-corrected chi connectivity index (χ3v) is 1.25. The minimum atomic E-state index is -4.94. The fraction of sp³-hybridized carbons (Fsp3) is 0.333. The molecule has 0 aliphatic carbocycles. The number of hydrogen-bond donors (Lipinski definition) is 1. The Hall–Kier alpha value is -1.40. The Balaban J connectivity index is 3.46. The van der Waals surface area contributed by atoms with Gasteiger partial charge in [-0.2, -0.15) is 17.6 Å². The van der Waals surface area contributed by atoms with E-state index in [1.54, 1.807) is 0 Å². The second-order valence-electron chi connectivity index (χ2n) is 2.31. The van der Waals surface area contributed by atoms with E-state index < -0.39 is 23.2 Å². The van der Waals surface area contributed by atoms with Crippen molar-refractivity contribution in [2.24, 2.45) is 0 Å². The van der Waals surface area contributed by atoms with Crippen LogP contribution in [0.5, 0.6) is 0 Å². The summed E-state index contributed by atoms with van der Waals surface area (Å²) in [6, 6.07) is 0. The Bertz CT molecular complexity index is 381. The summed E-state index contributed by atoms with van der Waals surface area (Å²) >= 11 is 0. The molecule has 1 rings (SSSR count). The smallest absolute Gasteiger partial charge is 0.308 e. The van der Waals surface area contributed by atoms with Crippen LogP contribution in [0.4, 0.5) is 17.6 Å². The van der Waals surface area contributed by atoms with Crippen molar-refractivity contribution in [3.8, 4) is 0 Å². The molecule has 1 heterocycles. The minimum Gasteiger partial charge on any atom is -0.308 e. The van der Waals surface area contributed by atoms with Crippen LogP contribution >= 0.6 is 0 Å². The number of hydrogen-bond acceptors (Lipinski definition) is 2. The van der Waals surface area contributed by atoms with Gasteiger partial charge in [-0.05, 0) is 6.92 Å². The van der Waals surface area contributed by atoms with Crippen LogP contribution in [0, 0.1) is 12.7 Å². The first-order chi connectivity index (χ1) is 5.82. The molecule has 0 saturated heterocycles. The van der Waals surface area contributed by atoms with Crippen molar-refractivity contribution < 1.29 is 17.6 Å². The molecule has 0 spiro atoms. The summed E-state index contributed by atoms with van der Waals surface area (Å²) in [6.45, 7) is 1.14. The van der Waals surface area contributed by atoms with Gasteiger partial charge in [-0.25, -0.2) is 4.98 Å². The van der Waals surface area contributed by atoms with Gasteiger partial charge in [0.2, 0.25) is 5.82 Å². The molecule has 1 aromatic rings. The maximum Gasteiger partial charge on any atom is 0.436 e. The van der Waals surface area contributed by atoms with Crippen LogP contribution in [-0.4, -0.2) is 9.97 Å². The van der Waals surface area contributed by atoms with Crippen molar-refractivity contribution in [2.45, 2.75) is 13.1 Å². The molecule has 7 heteroatoms. The standard InChI is InChI=1S/C6H4F4N2O/c1-2-11-4(6(8,9)10)3(7)5(13)12-2/h1H3,(H,11,12,13). The number of halogens is 4. The Kier molecular flexibility index (Phi) is 2.10. The minimum absolute atomic E-state index is 0.279. The lowest BCUT2D eigenvalue weighted by molar-refractivity contribution is -0.144. The molecular weight excluding hydrogens is 192 g/mol. The number of nitrogens with one attached hydrogen (secondary N) is 1. The van der Waals surface area contributed by atoms with Crippen molar-refractivity contribution in [3.05, 3.63) is 27.7 Å². The second kappa shape index (κ2) is 2.82. The number of aromatic nitrogens is 2. The third kappa shape index (κ3) is 1.85. The summed E-state index contributed by atoms with van der Waals surface area (Å²) in [6.07, 6.45) is -4.94. The van der Waals surface area contributed by atoms with Gasteiger partial charge in [0.05, 0.1) is 0 Å². The van der Waals surface area contributed by atoms with Crippen molar-refractivity contribution in [3.63, 3.8) is 0 Å². The molecule has 0 bridgehead atoms. The Morgan fingerprint density at radius 1 is 1.38 bits per heavy atom. The molecule has 0 unspecified atom stereocenters. The lowest BCUT2D eigenvalue weighted by Crippen LogP contribution is -2.22. The zero-order chi connectivity index (χ0) is 10.2. The Morgan fingerprint density at radius 3 is 2.38 bits per heavy atom. The SMILES string of the molecule is Cc1nc(C(F)(F)F)c(F)c(=O)[nH]1. The van der Waals surface area contributed by atoms with E-state index in [-0.39, 0.29) is 5.82 Å². The van der Waals surface area contributed by atoms with Crippen LogP contribution in [0.1, 0.15) is 11.5 Å². The highest BCUT2D eigenvalue weighted by Crippen LogP contribution is 2.28. The fourth-order valence-electron chi connectivity index (χ4n) is 0.759. The summed E-state index contributed by atoms with van der Waals surface area (Å²) in [4.78, 5) is 15.2. The van der Waals surface area contributed by atoms with Gasteiger partial charge >= 0.3 is 6.18 Å². The molecule has 1 N–H and O–H groups in total. The van der Waals surface area contributed by atoms with Crippen LogP contribution in [-0.2, 0) is 6.18 Å². The van der Waals surface area contributed by atoms with Gasteiger partial charge in [0.15, 0.2) is 5.69 Å². The van der Waals surface area contributed by atoms with E-state index >= 15 is 0 Å². The topological polar surface area (TPSA) is 45.8 Å². The molecule has 0 aliphatic heterocycles. The lowest BCUT2D eigenvalue weighted by atomic mass is 10.3. The number of H-pyrrole nitrogens is 1. The number of rotatable bonds is 0. The molecule has 72 valence electrons. The van der Waals surface area contributed by atoms with Crippen LogP contribution < -0.4 is 5.56 Å². The molecule has 3 nitrogen and oxygen atoms in total. The van der Waals surface area contributed by atoms with Crippen LogP contribution in [0.3, 0.4) is 0 Å². The van der Waals surface area contributed by atoms with Crippen LogP contribution in [0.15, 0.2) is 4.79 Å². The highest BCUT2D eigenvalue weighted by molar-refractivity contribution is 5.08. The number of aromatic amines is 1. The van der Waals surface area contributed by atoms with Crippen LogP contribution in [0.25, 0.3) is 0 Å². The van der Waals surface area contributed by atoms with Crippen molar-refractivity contribution in [2.75, 3.05) is 0 Å². The van der Waals surface area contributed by atoms with Gasteiger partial charge in [0, 0.05) is 0 Å². The molecule has 0 fully saturated rings. The highest BCUT2D eigenvalue weighted by Gasteiger charge is 2.37. The van der Waals surface area contributed by atoms with E-state index in [0.29, 0.717) is 0 Å². The van der Waals surface area contributed by atoms with Gasteiger partial charge in [-0.3, -0.25) is 4.79 Å². The van der Waals surface area contributed by atoms with Gasteiger partial charge in [0.25, 0.3) is 5.56 Å². The van der Waals surface area contributed by atoms with E-state index in [9.17, 15) is 22.4 Å². The van der Waals surface area contributed by atoms with Crippen molar-refractivity contribution >= 4 is 0 Å². The molecule has 0 radical (unpaired) electrons. The first kappa shape index (κ1) is 9.69. The number of aryl methyl sites for hydroxylation is 1. The van der Waals surface area contributed by atoms with E-state index in [0.717, 1.165) is 6.92 Å². The molecule has 1 aromatic heterocycles. The molecule has 0 aromatic carbocycles. The predicted octanol–water partition coefficient (Wildman–Crippen LogP) is 1.24. The molecule has 0 atom stereocenters. The molecule has 0 amide bonds. The van der Waals surface area contributed by atoms with Gasteiger partial charge in [0.1, 0.15) is 5.82 Å². The van der Waals surface area contributed by atoms with E-state index in [1.165, 1.54) is 0 Å². The average molecular weight is 196 g/mol. The number of alkyl halides is 3. The zero-order valence-electron chi connectivity index (χ0n) is 6.37.